The average Bonchev–Trinajstić information content (AvgIpc) is 2.87. The summed E-state index contributed by atoms with van der Waals surface area (Å²) in [7, 11) is 2.21. The van der Waals surface area contributed by atoms with Gasteiger partial charge in [0.15, 0.2) is 0 Å². The van der Waals surface area contributed by atoms with Gasteiger partial charge in [0.2, 0.25) is 0 Å². The first-order valence-electron chi connectivity index (χ1n) is 6.57. The predicted molar refractivity (Wildman–Crippen MR) is 77.6 cm³/mol. The minimum atomic E-state index is 0.310. The van der Waals surface area contributed by atoms with E-state index in [4.69, 9.17) is 5.73 Å². The van der Waals surface area contributed by atoms with E-state index in [0.29, 0.717) is 5.41 Å². The van der Waals surface area contributed by atoms with Gasteiger partial charge >= 0.3 is 0 Å². The van der Waals surface area contributed by atoms with Gasteiger partial charge in [-0.25, -0.2) is 0 Å². The zero-order chi connectivity index (χ0) is 12.7. The van der Waals surface area contributed by atoms with E-state index in [2.05, 4.69) is 43.3 Å². The SMILES string of the molecule is CCC(CC)(CN)CN(C)CCc1cccs1. The van der Waals surface area contributed by atoms with E-state index in [1.807, 2.05) is 11.3 Å². The quantitative estimate of drug-likeness (QED) is 0.773. The molecule has 1 heterocycles. The Bertz CT molecular complexity index is 283. The van der Waals surface area contributed by atoms with E-state index >= 15 is 0 Å². The molecule has 0 unspecified atom stereocenters. The summed E-state index contributed by atoms with van der Waals surface area (Å²) < 4.78 is 0. The monoisotopic (exact) mass is 254 g/mol. The topological polar surface area (TPSA) is 29.3 Å². The van der Waals surface area contributed by atoms with Crippen LogP contribution in [0.5, 0.6) is 0 Å². The first-order valence-corrected chi connectivity index (χ1v) is 7.44. The Hall–Kier alpha value is -0.380. The fourth-order valence-electron chi connectivity index (χ4n) is 2.23. The van der Waals surface area contributed by atoms with Crippen LogP contribution in [0.3, 0.4) is 0 Å². The molecule has 98 valence electrons. The third kappa shape index (κ3) is 4.41. The predicted octanol–water partition coefficient (Wildman–Crippen LogP) is 2.99. The van der Waals surface area contributed by atoms with Crippen LogP contribution >= 0.6 is 11.3 Å². The van der Waals surface area contributed by atoms with Gasteiger partial charge in [0.25, 0.3) is 0 Å². The summed E-state index contributed by atoms with van der Waals surface area (Å²) in [5, 5.41) is 2.15. The molecular formula is C14H26N2S. The minimum absolute atomic E-state index is 0.310. The highest BCUT2D eigenvalue weighted by Gasteiger charge is 2.25. The fourth-order valence-corrected chi connectivity index (χ4v) is 2.93. The molecule has 0 spiro atoms. The van der Waals surface area contributed by atoms with E-state index in [0.717, 1.165) is 26.1 Å². The normalized spacial score (nSPS) is 12.3. The number of hydrogen-bond donors (Lipinski definition) is 1. The first kappa shape index (κ1) is 14.7. The molecule has 0 amide bonds. The molecule has 0 aliphatic carbocycles. The molecule has 17 heavy (non-hydrogen) atoms. The number of rotatable bonds is 8. The zero-order valence-corrected chi connectivity index (χ0v) is 12.2. The van der Waals surface area contributed by atoms with Crippen LogP contribution < -0.4 is 5.73 Å². The maximum atomic E-state index is 5.94. The molecule has 0 radical (unpaired) electrons. The van der Waals surface area contributed by atoms with Crippen molar-refractivity contribution in [2.24, 2.45) is 11.1 Å². The fraction of sp³-hybridized carbons (Fsp3) is 0.714. The number of likely N-dealkylation sites (N-methyl/N-ethyl adjacent to an activating group) is 1. The molecule has 2 N–H and O–H groups in total. The third-order valence-corrected chi connectivity index (χ3v) is 4.79. The van der Waals surface area contributed by atoms with Crippen LogP contribution in [0.15, 0.2) is 17.5 Å². The molecule has 0 fully saturated rings. The standard InChI is InChI=1S/C14H26N2S/c1-4-14(5-2,11-15)12-16(3)9-8-13-7-6-10-17-13/h6-7,10H,4-5,8-9,11-12,15H2,1-3H3. The smallest absolute Gasteiger partial charge is 0.00579 e. The summed E-state index contributed by atoms with van der Waals surface area (Å²) in [5.41, 5.74) is 6.25. The summed E-state index contributed by atoms with van der Waals surface area (Å²) in [6.45, 7) is 7.54. The van der Waals surface area contributed by atoms with Crippen LogP contribution in [0.2, 0.25) is 0 Å². The van der Waals surface area contributed by atoms with E-state index in [9.17, 15) is 0 Å². The minimum Gasteiger partial charge on any atom is -0.330 e. The molecule has 3 heteroatoms. The Morgan fingerprint density at radius 3 is 2.53 bits per heavy atom. The molecule has 0 atom stereocenters. The van der Waals surface area contributed by atoms with E-state index in [-0.39, 0.29) is 0 Å². The highest BCUT2D eigenvalue weighted by molar-refractivity contribution is 7.09. The van der Waals surface area contributed by atoms with Gasteiger partial charge in [0, 0.05) is 18.0 Å². The van der Waals surface area contributed by atoms with Crippen molar-refractivity contribution < 1.29 is 0 Å². The maximum Gasteiger partial charge on any atom is 0.00579 e. The molecule has 1 rings (SSSR count). The van der Waals surface area contributed by atoms with Crippen molar-refractivity contribution in [3.05, 3.63) is 22.4 Å². The van der Waals surface area contributed by atoms with Crippen molar-refractivity contribution >= 4 is 11.3 Å². The van der Waals surface area contributed by atoms with Gasteiger partial charge in [0.1, 0.15) is 0 Å². The highest BCUT2D eigenvalue weighted by atomic mass is 32.1. The molecule has 0 bridgehead atoms. The largest absolute Gasteiger partial charge is 0.330 e. The van der Waals surface area contributed by atoms with Gasteiger partial charge < -0.3 is 10.6 Å². The van der Waals surface area contributed by atoms with Crippen molar-refractivity contribution in [1.82, 2.24) is 4.90 Å². The van der Waals surface area contributed by atoms with Crippen LogP contribution in [0, 0.1) is 5.41 Å². The summed E-state index contributed by atoms with van der Waals surface area (Å²) in [5.74, 6) is 0. The number of nitrogens with zero attached hydrogens (tertiary/aromatic N) is 1. The Labute approximate surface area is 110 Å². The molecule has 0 aliphatic heterocycles. The van der Waals surface area contributed by atoms with Crippen LogP contribution in [0.4, 0.5) is 0 Å². The van der Waals surface area contributed by atoms with Gasteiger partial charge in [0.05, 0.1) is 0 Å². The second-order valence-corrected chi connectivity index (χ2v) is 6.01. The lowest BCUT2D eigenvalue weighted by molar-refractivity contribution is 0.168. The molecule has 0 aliphatic rings. The maximum absolute atomic E-state index is 5.94. The van der Waals surface area contributed by atoms with Gasteiger partial charge in [-0.1, -0.05) is 19.9 Å². The Kier molecular flexibility index (Phi) is 6.17. The summed E-state index contributed by atoms with van der Waals surface area (Å²) in [6, 6.07) is 4.34. The highest BCUT2D eigenvalue weighted by Crippen LogP contribution is 2.25. The molecular weight excluding hydrogens is 228 g/mol. The van der Waals surface area contributed by atoms with Gasteiger partial charge in [-0.15, -0.1) is 11.3 Å². The van der Waals surface area contributed by atoms with Crippen molar-refractivity contribution in [1.29, 1.82) is 0 Å². The van der Waals surface area contributed by atoms with Gasteiger partial charge in [-0.05, 0) is 49.7 Å². The lowest BCUT2D eigenvalue weighted by Crippen LogP contribution is -2.41. The Balaban J connectivity index is 2.39. The lowest BCUT2D eigenvalue weighted by Gasteiger charge is -2.34. The Morgan fingerprint density at radius 2 is 2.06 bits per heavy atom. The van der Waals surface area contributed by atoms with Crippen LogP contribution in [0.1, 0.15) is 31.6 Å². The molecule has 1 aromatic heterocycles. The zero-order valence-electron chi connectivity index (χ0n) is 11.4. The van der Waals surface area contributed by atoms with E-state index in [1.54, 1.807) is 0 Å². The first-order chi connectivity index (χ1) is 8.15. The number of hydrogen-bond acceptors (Lipinski definition) is 3. The molecule has 0 saturated carbocycles. The summed E-state index contributed by atoms with van der Waals surface area (Å²) in [6.07, 6.45) is 3.49. The second-order valence-electron chi connectivity index (χ2n) is 4.98. The number of nitrogens with two attached hydrogens (primary N) is 1. The molecule has 0 aromatic carbocycles. The molecule has 1 aromatic rings. The molecule has 0 saturated heterocycles. The molecule has 2 nitrogen and oxygen atoms in total. The lowest BCUT2D eigenvalue weighted by atomic mass is 9.82. The van der Waals surface area contributed by atoms with Crippen LogP contribution in [-0.4, -0.2) is 31.6 Å². The summed E-state index contributed by atoms with van der Waals surface area (Å²) in [4.78, 5) is 3.91. The third-order valence-electron chi connectivity index (χ3n) is 3.86. The van der Waals surface area contributed by atoms with Crippen molar-refractivity contribution in [2.45, 2.75) is 33.1 Å². The average molecular weight is 254 g/mol. The van der Waals surface area contributed by atoms with Crippen LogP contribution in [0.25, 0.3) is 0 Å². The summed E-state index contributed by atoms with van der Waals surface area (Å²) >= 11 is 1.85. The van der Waals surface area contributed by atoms with E-state index in [1.165, 1.54) is 17.7 Å². The second kappa shape index (κ2) is 7.14. The van der Waals surface area contributed by atoms with Crippen LogP contribution in [-0.2, 0) is 6.42 Å². The van der Waals surface area contributed by atoms with Crippen molar-refractivity contribution in [3.63, 3.8) is 0 Å². The van der Waals surface area contributed by atoms with E-state index < -0.39 is 0 Å². The van der Waals surface area contributed by atoms with Gasteiger partial charge in [-0.3, -0.25) is 0 Å². The van der Waals surface area contributed by atoms with Gasteiger partial charge in [-0.2, -0.15) is 0 Å². The van der Waals surface area contributed by atoms with Crippen molar-refractivity contribution in [3.8, 4) is 0 Å². The van der Waals surface area contributed by atoms with Crippen molar-refractivity contribution in [2.75, 3.05) is 26.7 Å². The Morgan fingerprint density at radius 1 is 1.35 bits per heavy atom. The number of thiophene rings is 1.